The molecule has 0 radical (unpaired) electrons. The zero-order chi connectivity index (χ0) is 9.80. The normalized spacial score (nSPS) is 21.9. The Kier molecular flexibility index (Phi) is 2.93. The summed E-state index contributed by atoms with van der Waals surface area (Å²) in [7, 11) is 0. The number of hydrogen-bond donors (Lipinski definition) is 2. The summed E-state index contributed by atoms with van der Waals surface area (Å²) in [4.78, 5) is 8.44. The molecule has 0 saturated carbocycles. The van der Waals surface area contributed by atoms with E-state index in [0.717, 1.165) is 24.6 Å². The molecule has 1 aliphatic heterocycles. The second-order valence-electron chi connectivity index (χ2n) is 3.77. The van der Waals surface area contributed by atoms with E-state index in [4.69, 9.17) is 0 Å². The number of hydrogen-bond acceptors (Lipinski definition) is 4. The molecule has 1 fully saturated rings. The molecule has 76 valence electrons. The molecule has 14 heavy (non-hydrogen) atoms. The van der Waals surface area contributed by atoms with E-state index < -0.39 is 0 Å². The van der Waals surface area contributed by atoms with Gasteiger partial charge in [-0.15, -0.1) is 0 Å². The van der Waals surface area contributed by atoms with Crippen molar-refractivity contribution < 1.29 is 0 Å². The van der Waals surface area contributed by atoms with Crippen molar-refractivity contribution in [2.45, 2.75) is 25.8 Å². The first-order chi connectivity index (χ1) is 6.84. The lowest BCUT2D eigenvalue weighted by Gasteiger charge is -2.23. The van der Waals surface area contributed by atoms with Gasteiger partial charge in [-0.25, -0.2) is 9.97 Å². The van der Waals surface area contributed by atoms with E-state index in [1.165, 1.54) is 12.8 Å². The highest BCUT2D eigenvalue weighted by atomic mass is 15.1. The van der Waals surface area contributed by atoms with Crippen LogP contribution in [0.4, 0.5) is 5.95 Å². The van der Waals surface area contributed by atoms with E-state index in [-0.39, 0.29) is 0 Å². The van der Waals surface area contributed by atoms with E-state index in [9.17, 15) is 0 Å². The van der Waals surface area contributed by atoms with Gasteiger partial charge < -0.3 is 10.6 Å². The Morgan fingerprint density at radius 3 is 2.86 bits per heavy atom. The standard InChI is InChI=1S/C10H16N4/c1-8-5-12-10(13-6-8)14-9-3-2-4-11-7-9/h5-6,9,11H,2-4,7H2,1H3,(H,12,13,14). The number of rotatable bonds is 2. The number of piperidine rings is 1. The summed E-state index contributed by atoms with van der Waals surface area (Å²) in [5, 5.41) is 6.67. The Balaban J connectivity index is 1.92. The molecule has 4 nitrogen and oxygen atoms in total. The summed E-state index contributed by atoms with van der Waals surface area (Å²) in [6.45, 7) is 4.14. The smallest absolute Gasteiger partial charge is 0.222 e. The third-order valence-corrected chi connectivity index (χ3v) is 2.41. The summed E-state index contributed by atoms with van der Waals surface area (Å²) >= 11 is 0. The first-order valence-corrected chi connectivity index (χ1v) is 5.10. The Hall–Kier alpha value is -1.16. The molecule has 0 amide bonds. The molecule has 1 aliphatic rings. The second kappa shape index (κ2) is 4.37. The van der Waals surface area contributed by atoms with Gasteiger partial charge in [0, 0.05) is 25.0 Å². The minimum absolute atomic E-state index is 0.478. The number of aryl methyl sites for hydroxylation is 1. The van der Waals surface area contributed by atoms with Crippen LogP contribution in [0.5, 0.6) is 0 Å². The molecular formula is C10H16N4. The van der Waals surface area contributed by atoms with E-state index in [0.29, 0.717) is 6.04 Å². The average Bonchev–Trinajstić information content (AvgIpc) is 2.23. The van der Waals surface area contributed by atoms with Gasteiger partial charge in [0.05, 0.1) is 0 Å². The molecule has 4 heteroatoms. The van der Waals surface area contributed by atoms with Crippen molar-refractivity contribution in [1.82, 2.24) is 15.3 Å². The number of aromatic nitrogens is 2. The van der Waals surface area contributed by atoms with Crippen LogP contribution in [0.15, 0.2) is 12.4 Å². The minimum Gasteiger partial charge on any atom is -0.350 e. The lowest BCUT2D eigenvalue weighted by Crippen LogP contribution is -2.38. The van der Waals surface area contributed by atoms with Crippen LogP contribution in [-0.2, 0) is 0 Å². The summed E-state index contributed by atoms with van der Waals surface area (Å²) < 4.78 is 0. The van der Waals surface area contributed by atoms with E-state index in [1.54, 1.807) is 0 Å². The largest absolute Gasteiger partial charge is 0.350 e. The average molecular weight is 192 g/mol. The van der Waals surface area contributed by atoms with Gasteiger partial charge in [-0.2, -0.15) is 0 Å². The second-order valence-corrected chi connectivity index (χ2v) is 3.77. The topological polar surface area (TPSA) is 49.8 Å². The van der Waals surface area contributed by atoms with E-state index >= 15 is 0 Å². The minimum atomic E-state index is 0.478. The maximum atomic E-state index is 4.22. The van der Waals surface area contributed by atoms with Gasteiger partial charge >= 0.3 is 0 Å². The highest BCUT2D eigenvalue weighted by Gasteiger charge is 2.12. The van der Waals surface area contributed by atoms with Crippen LogP contribution in [-0.4, -0.2) is 29.1 Å². The lowest BCUT2D eigenvalue weighted by atomic mass is 10.1. The van der Waals surface area contributed by atoms with Crippen molar-refractivity contribution in [2.75, 3.05) is 18.4 Å². The van der Waals surface area contributed by atoms with Crippen molar-refractivity contribution in [3.05, 3.63) is 18.0 Å². The molecule has 1 unspecified atom stereocenters. The number of nitrogens with zero attached hydrogens (tertiary/aromatic N) is 2. The van der Waals surface area contributed by atoms with Crippen molar-refractivity contribution in [2.24, 2.45) is 0 Å². The van der Waals surface area contributed by atoms with Crippen LogP contribution >= 0.6 is 0 Å². The molecule has 0 bridgehead atoms. The molecule has 0 spiro atoms. The fourth-order valence-electron chi connectivity index (χ4n) is 1.62. The summed E-state index contributed by atoms with van der Waals surface area (Å²) in [6, 6.07) is 0.478. The zero-order valence-corrected chi connectivity index (χ0v) is 8.45. The summed E-state index contributed by atoms with van der Waals surface area (Å²) in [5.41, 5.74) is 1.09. The molecule has 2 heterocycles. The molecule has 1 saturated heterocycles. The zero-order valence-electron chi connectivity index (χ0n) is 8.45. The van der Waals surface area contributed by atoms with Gasteiger partial charge in [0.2, 0.25) is 5.95 Å². The Labute approximate surface area is 84.2 Å². The molecule has 1 aromatic heterocycles. The lowest BCUT2D eigenvalue weighted by molar-refractivity contribution is 0.478. The maximum Gasteiger partial charge on any atom is 0.222 e. The van der Waals surface area contributed by atoms with Crippen molar-refractivity contribution in [1.29, 1.82) is 0 Å². The summed E-state index contributed by atoms with van der Waals surface area (Å²) in [5.74, 6) is 0.740. The van der Waals surface area contributed by atoms with Crippen molar-refractivity contribution >= 4 is 5.95 Å². The van der Waals surface area contributed by atoms with Crippen LogP contribution in [0.3, 0.4) is 0 Å². The predicted octanol–water partition coefficient (Wildman–Crippen LogP) is 0.949. The molecule has 2 N–H and O–H groups in total. The van der Waals surface area contributed by atoms with Crippen LogP contribution in [0.25, 0.3) is 0 Å². The fourth-order valence-corrected chi connectivity index (χ4v) is 1.62. The quantitative estimate of drug-likeness (QED) is 0.732. The molecular weight excluding hydrogens is 176 g/mol. The van der Waals surface area contributed by atoms with E-state index in [1.807, 2.05) is 19.3 Å². The maximum absolute atomic E-state index is 4.22. The Bertz CT molecular complexity index is 277. The van der Waals surface area contributed by atoms with Gasteiger partial charge in [0.25, 0.3) is 0 Å². The van der Waals surface area contributed by atoms with Crippen LogP contribution in [0.1, 0.15) is 18.4 Å². The molecule has 0 aliphatic carbocycles. The SMILES string of the molecule is Cc1cnc(NC2CCCNC2)nc1. The van der Waals surface area contributed by atoms with Crippen LogP contribution in [0, 0.1) is 6.92 Å². The van der Waals surface area contributed by atoms with Crippen molar-refractivity contribution in [3.63, 3.8) is 0 Å². The van der Waals surface area contributed by atoms with E-state index in [2.05, 4.69) is 20.6 Å². The molecule has 2 rings (SSSR count). The van der Waals surface area contributed by atoms with Crippen LogP contribution in [0.2, 0.25) is 0 Å². The van der Waals surface area contributed by atoms with Gasteiger partial charge in [-0.3, -0.25) is 0 Å². The Morgan fingerprint density at radius 1 is 1.43 bits per heavy atom. The van der Waals surface area contributed by atoms with Gasteiger partial charge in [0.1, 0.15) is 0 Å². The highest BCUT2D eigenvalue weighted by molar-refractivity contribution is 5.26. The number of nitrogens with one attached hydrogen (secondary N) is 2. The number of anilines is 1. The first-order valence-electron chi connectivity index (χ1n) is 5.10. The Morgan fingerprint density at radius 2 is 2.21 bits per heavy atom. The van der Waals surface area contributed by atoms with Gasteiger partial charge in [-0.05, 0) is 31.9 Å². The third-order valence-electron chi connectivity index (χ3n) is 2.41. The fraction of sp³-hybridized carbons (Fsp3) is 0.600. The van der Waals surface area contributed by atoms with Gasteiger partial charge in [-0.1, -0.05) is 0 Å². The van der Waals surface area contributed by atoms with Gasteiger partial charge in [0.15, 0.2) is 0 Å². The highest BCUT2D eigenvalue weighted by Crippen LogP contribution is 2.07. The first kappa shape index (κ1) is 9.40. The third kappa shape index (κ3) is 2.42. The molecule has 0 aromatic carbocycles. The molecule has 1 aromatic rings. The van der Waals surface area contributed by atoms with Crippen molar-refractivity contribution in [3.8, 4) is 0 Å². The molecule has 1 atom stereocenters. The predicted molar refractivity (Wildman–Crippen MR) is 56.3 cm³/mol. The van der Waals surface area contributed by atoms with Crippen LogP contribution < -0.4 is 10.6 Å². The monoisotopic (exact) mass is 192 g/mol. The summed E-state index contributed by atoms with van der Waals surface area (Å²) in [6.07, 6.45) is 6.10.